The fourth-order valence-corrected chi connectivity index (χ4v) is 4.50. The average Bonchev–Trinajstić information content (AvgIpc) is 3.13. The molecule has 0 radical (unpaired) electrons. The third-order valence-corrected chi connectivity index (χ3v) is 6.21. The van der Waals surface area contributed by atoms with Crippen LogP contribution in [0.2, 0.25) is 0 Å². The molecular formula is C21H20N2O4S. The number of carbonyl (C=O) groups excluding carboxylic acids is 1. The van der Waals surface area contributed by atoms with Crippen LogP contribution in [0.15, 0.2) is 65.6 Å². The summed E-state index contributed by atoms with van der Waals surface area (Å²) in [4.78, 5) is 13.9. The predicted octanol–water partition coefficient (Wildman–Crippen LogP) is 3.78. The minimum atomic E-state index is -3.77. The molecule has 1 amide bonds. The summed E-state index contributed by atoms with van der Waals surface area (Å²) < 4.78 is 33.7. The fourth-order valence-electron chi connectivity index (χ4n) is 3.42. The Hall–Kier alpha value is -3.06. The van der Waals surface area contributed by atoms with Crippen LogP contribution in [0, 0.1) is 0 Å². The lowest BCUT2D eigenvalue weighted by Crippen LogP contribution is -2.24. The minimum absolute atomic E-state index is 0.00726. The van der Waals surface area contributed by atoms with E-state index in [1.165, 1.54) is 7.11 Å². The highest BCUT2D eigenvalue weighted by molar-refractivity contribution is 7.92. The number of sulfonamides is 1. The van der Waals surface area contributed by atoms with E-state index >= 15 is 0 Å². The summed E-state index contributed by atoms with van der Waals surface area (Å²) >= 11 is 0. The van der Waals surface area contributed by atoms with Crippen LogP contribution in [0.4, 0.5) is 11.4 Å². The number of anilines is 2. The standard InChI is InChI=1S/C21H20N2O4S/c1-27-20-11-9-17(14-19(20)23-12-4-7-21(23)24)22-28(25,26)18-10-8-15-5-2-3-6-16(15)13-18/h2-3,5-6,8-11,13-14,22H,4,7,12H2,1H3. The number of nitrogens with zero attached hydrogens (tertiary/aromatic N) is 1. The Kier molecular flexibility index (Phi) is 4.68. The number of rotatable bonds is 5. The number of hydrogen-bond acceptors (Lipinski definition) is 4. The highest BCUT2D eigenvalue weighted by atomic mass is 32.2. The van der Waals surface area contributed by atoms with E-state index in [9.17, 15) is 13.2 Å². The SMILES string of the molecule is COc1ccc(NS(=O)(=O)c2ccc3ccccc3c2)cc1N1CCCC1=O. The molecule has 0 bridgehead atoms. The molecule has 0 atom stereocenters. The molecule has 28 heavy (non-hydrogen) atoms. The number of benzene rings is 3. The van der Waals surface area contributed by atoms with E-state index in [1.54, 1.807) is 41.3 Å². The summed E-state index contributed by atoms with van der Waals surface area (Å²) in [6.45, 7) is 0.593. The smallest absolute Gasteiger partial charge is 0.261 e. The molecule has 144 valence electrons. The van der Waals surface area contributed by atoms with Crippen molar-refractivity contribution in [2.45, 2.75) is 17.7 Å². The molecule has 0 aliphatic carbocycles. The third-order valence-electron chi connectivity index (χ3n) is 4.83. The van der Waals surface area contributed by atoms with Crippen LogP contribution in [0.5, 0.6) is 5.75 Å². The molecule has 0 spiro atoms. The Bertz CT molecular complexity index is 1160. The predicted molar refractivity (Wildman–Crippen MR) is 109 cm³/mol. The zero-order valence-electron chi connectivity index (χ0n) is 15.4. The van der Waals surface area contributed by atoms with Crippen LogP contribution >= 0.6 is 0 Å². The first-order chi connectivity index (χ1) is 13.5. The molecule has 1 saturated heterocycles. The number of carbonyl (C=O) groups is 1. The maximum atomic E-state index is 12.9. The third kappa shape index (κ3) is 3.41. The topological polar surface area (TPSA) is 75.7 Å². The van der Waals surface area contributed by atoms with E-state index in [0.717, 1.165) is 17.2 Å². The van der Waals surface area contributed by atoms with Gasteiger partial charge >= 0.3 is 0 Å². The molecule has 1 heterocycles. The van der Waals surface area contributed by atoms with Crippen molar-refractivity contribution in [1.82, 2.24) is 0 Å². The van der Waals surface area contributed by atoms with E-state index in [4.69, 9.17) is 4.74 Å². The van der Waals surface area contributed by atoms with Crippen LogP contribution in [0.25, 0.3) is 10.8 Å². The number of nitrogens with one attached hydrogen (secondary N) is 1. The van der Waals surface area contributed by atoms with Gasteiger partial charge in [0.05, 0.1) is 23.4 Å². The van der Waals surface area contributed by atoms with E-state index in [1.807, 2.05) is 24.3 Å². The maximum absolute atomic E-state index is 12.9. The summed E-state index contributed by atoms with van der Waals surface area (Å²) in [6, 6.07) is 17.5. The van der Waals surface area contributed by atoms with Gasteiger partial charge in [-0.1, -0.05) is 30.3 Å². The van der Waals surface area contributed by atoms with Gasteiger partial charge in [0.25, 0.3) is 10.0 Å². The molecule has 0 saturated carbocycles. The summed E-state index contributed by atoms with van der Waals surface area (Å²) in [5, 5.41) is 1.82. The van der Waals surface area contributed by atoms with Crippen molar-refractivity contribution >= 4 is 38.1 Å². The molecule has 3 aromatic carbocycles. The Labute approximate surface area is 163 Å². The highest BCUT2D eigenvalue weighted by Crippen LogP contribution is 2.34. The average molecular weight is 396 g/mol. The normalized spacial score (nSPS) is 14.5. The van der Waals surface area contributed by atoms with Gasteiger partial charge in [0.15, 0.2) is 0 Å². The lowest BCUT2D eigenvalue weighted by Gasteiger charge is -2.20. The summed E-state index contributed by atoms with van der Waals surface area (Å²) in [7, 11) is -2.25. The van der Waals surface area contributed by atoms with Crippen molar-refractivity contribution in [1.29, 1.82) is 0 Å². The van der Waals surface area contributed by atoms with Crippen LogP contribution in [0.3, 0.4) is 0 Å². The lowest BCUT2D eigenvalue weighted by molar-refractivity contribution is -0.117. The van der Waals surface area contributed by atoms with E-state index in [0.29, 0.717) is 30.1 Å². The quantitative estimate of drug-likeness (QED) is 0.712. The van der Waals surface area contributed by atoms with Gasteiger partial charge in [-0.15, -0.1) is 0 Å². The molecule has 1 aliphatic heterocycles. The number of hydrogen-bond donors (Lipinski definition) is 1. The van der Waals surface area contributed by atoms with Gasteiger partial charge < -0.3 is 9.64 Å². The Balaban J connectivity index is 1.68. The second-order valence-corrected chi connectivity index (χ2v) is 8.33. The molecule has 1 fully saturated rings. The van der Waals surface area contributed by atoms with Gasteiger partial charge in [0.1, 0.15) is 5.75 Å². The molecule has 0 unspecified atom stereocenters. The Morgan fingerprint density at radius 3 is 2.50 bits per heavy atom. The number of amides is 1. The molecular weight excluding hydrogens is 376 g/mol. The van der Waals surface area contributed by atoms with Crippen molar-refractivity contribution in [2.75, 3.05) is 23.3 Å². The molecule has 4 rings (SSSR count). The first-order valence-corrected chi connectivity index (χ1v) is 10.5. The van der Waals surface area contributed by atoms with Gasteiger partial charge in [0.2, 0.25) is 5.91 Å². The zero-order chi connectivity index (χ0) is 19.7. The first-order valence-electron chi connectivity index (χ1n) is 8.98. The van der Waals surface area contributed by atoms with Gasteiger partial charge in [-0.2, -0.15) is 0 Å². The summed E-state index contributed by atoms with van der Waals surface area (Å²) in [5.74, 6) is 0.539. The number of fused-ring (bicyclic) bond motifs is 1. The molecule has 0 aromatic heterocycles. The van der Waals surface area contributed by atoms with Crippen LogP contribution in [-0.4, -0.2) is 28.0 Å². The fraction of sp³-hybridized carbons (Fsp3) is 0.190. The lowest BCUT2D eigenvalue weighted by atomic mass is 10.1. The van der Waals surface area contributed by atoms with Crippen molar-refractivity contribution in [3.63, 3.8) is 0 Å². The van der Waals surface area contributed by atoms with E-state index in [2.05, 4.69) is 4.72 Å². The molecule has 3 aromatic rings. The summed E-state index contributed by atoms with van der Waals surface area (Å²) in [5.41, 5.74) is 0.951. The van der Waals surface area contributed by atoms with Crippen molar-refractivity contribution in [2.24, 2.45) is 0 Å². The van der Waals surface area contributed by atoms with E-state index < -0.39 is 10.0 Å². The number of methoxy groups -OCH3 is 1. The van der Waals surface area contributed by atoms with Crippen LogP contribution in [-0.2, 0) is 14.8 Å². The van der Waals surface area contributed by atoms with Crippen molar-refractivity contribution in [3.8, 4) is 5.75 Å². The van der Waals surface area contributed by atoms with E-state index in [-0.39, 0.29) is 10.8 Å². The molecule has 7 heteroatoms. The molecule has 1 aliphatic rings. The van der Waals surface area contributed by atoms with Crippen molar-refractivity contribution in [3.05, 3.63) is 60.7 Å². The highest BCUT2D eigenvalue weighted by Gasteiger charge is 2.25. The second kappa shape index (κ2) is 7.16. The molecule has 6 nitrogen and oxygen atoms in total. The van der Waals surface area contributed by atoms with Crippen LogP contribution < -0.4 is 14.4 Å². The van der Waals surface area contributed by atoms with Gasteiger partial charge in [0, 0.05) is 13.0 Å². The largest absolute Gasteiger partial charge is 0.495 e. The Morgan fingerprint density at radius 1 is 1.00 bits per heavy atom. The van der Waals surface area contributed by atoms with Crippen molar-refractivity contribution < 1.29 is 17.9 Å². The van der Waals surface area contributed by atoms with Gasteiger partial charge in [-0.05, 0) is 47.5 Å². The Morgan fingerprint density at radius 2 is 1.79 bits per heavy atom. The van der Waals surface area contributed by atoms with Gasteiger partial charge in [-0.25, -0.2) is 8.42 Å². The first kappa shape index (κ1) is 18.3. The zero-order valence-corrected chi connectivity index (χ0v) is 16.2. The monoisotopic (exact) mass is 396 g/mol. The summed E-state index contributed by atoms with van der Waals surface area (Å²) in [6.07, 6.45) is 1.26. The molecule has 1 N–H and O–H groups in total. The maximum Gasteiger partial charge on any atom is 0.261 e. The van der Waals surface area contributed by atoms with Gasteiger partial charge in [-0.3, -0.25) is 9.52 Å². The second-order valence-electron chi connectivity index (χ2n) is 6.65. The minimum Gasteiger partial charge on any atom is -0.495 e. The number of ether oxygens (including phenoxy) is 1. The van der Waals surface area contributed by atoms with Crippen LogP contribution in [0.1, 0.15) is 12.8 Å².